The number of thioether (sulfide) groups is 1. The lowest BCUT2D eigenvalue weighted by molar-refractivity contribution is -0.113. The Bertz CT molecular complexity index is 854. The highest BCUT2D eigenvalue weighted by Crippen LogP contribution is 2.44. The van der Waals surface area contributed by atoms with Crippen molar-refractivity contribution in [1.82, 2.24) is 9.55 Å². The molecule has 2 aromatic rings. The van der Waals surface area contributed by atoms with Crippen molar-refractivity contribution >= 4 is 34.0 Å². The van der Waals surface area contributed by atoms with Gasteiger partial charge >= 0.3 is 0 Å². The van der Waals surface area contributed by atoms with E-state index in [2.05, 4.69) is 37.1 Å². The van der Waals surface area contributed by atoms with Crippen LogP contribution in [0.5, 0.6) is 0 Å². The van der Waals surface area contributed by atoms with Crippen molar-refractivity contribution < 1.29 is 4.79 Å². The molecule has 1 aliphatic carbocycles. The molecule has 5 nitrogen and oxygen atoms in total. The van der Waals surface area contributed by atoms with Gasteiger partial charge in [0.05, 0.1) is 11.3 Å². The van der Waals surface area contributed by atoms with Crippen LogP contribution in [0.2, 0.25) is 0 Å². The fourth-order valence-corrected chi connectivity index (χ4v) is 5.34. The van der Waals surface area contributed by atoms with E-state index in [0.29, 0.717) is 16.5 Å². The molecule has 1 amide bonds. The van der Waals surface area contributed by atoms with Gasteiger partial charge in [0.15, 0.2) is 5.16 Å². The molecular weight excluding hydrogens is 364 g/mol. The van der Waals surface area contributed by atoms with Crippen molar-refractivity contribution in [2.45, 2.75) is 45.2 Å². The fraction of sp³-hybridized carbons (Fsp3) is 0.526. The summed E-state index contributed by atoms with van der Waals surface area (Å²) in [7, 11) is 1.90. The van der Waals surface area contributed by atoms with E-state index in [4.69, 9.17) is 0 Å². The predicted octanol–water partition coefficient (Wildman–Crippen LogP) is 4.24. The Kier molecular flexibility index (Phi) is 5.44. The second-order valence-electron chi connectivity index (χ2n) is 7.78. The largest absolute Gasteiger partial charge is 0.329 e. The second kappa shape index (κ2) is 7.45. The van der Waals surface area contributed by atoms with Crippen LogP contribution in [0.4, 0.5) is 5.00 Å². The first kappa shape index (κ1) is 19.0. The zero-order valence-electron chi connectivity index (χ0n) is 15.6. The second-order valence-corrected chi connectivity index (χ2v) is 9.83. The number of aryl methyl sites for hydroxylation is 1. The van der Waals surface area contributed by atoms with Gasteiger partial charge in [0.25, 0.3) is 0 Å². The van der Waals surface area contributed by atoms with Crippen LogP contribution < -0.4 is 5.32 Å². The number of nitrogens with one attached hydrogen (secondary N) is 1. The Labute approximate surface area is 162 Å². The number of rotatable bonds is 4. The van der Waals surface area contributed by atoms with E-state index in [1.54, 1.807) is 17.5 Å². The fourth-order valence-electron chi connectivity index (χ4n) is 3.32. The lowest BCUT2D eigenvalue weighted by Crippen LogP contribution is -2.26. The SMILES string of the molecule is Cn1ccnc1SCC(=O)Nc1sc2c(c1C#N)CC[C@@H](C(C)(C)C)C2. The van der Waals surface area contributed by atoms with E-state index in [0.717, 1.165) is 30.0 Å². The van der Waals surface area contributed by atoms with Crippen LogP contribution in [0.3, 0.4) is 0 Å². The molecule has 0 spiro atoms. The average molecular weight is 389 g/mol. The van der Waals surface area contributed by atoms with Gasteiger partial charge < -0.3 is 9.88 Å². The van der Waals surface area contributed by atoms with E-state index in [1.807, 2.05) is 17.8 Å². The maximum absolute atomic E-state index is 12.4. The minimum Gasteiger partial charge on any atom is -0.329 e. The predicted molar refractivity (Wildman–Crippen MR) is 107 cm³/mol. The lowest BCUT2D eigenvalue weighted by atomic mass is 9.72. The lowest BCUT2D eigenvalue weighted by Gasteiger charge is -2.33. The van der Waals surface area contributed by atoms with Gasteiger partial charge in [0.1, 0.15) is 11.1 Å². The van der Waals surface area contributed by atoms with Crippen LogP contribution in [0, 0.1) is 22.7 Å². The highest BCUT2D eigenvalue weighted by molar-refractivity contribution is 7.99. The quantitative estimate of drug-likeness (QED) is 0.796. The van der Waals surface area contributed by atoms with E-state index >= 15 is 0 Å². The van der Waals surface area contributed by atoms with Gasteiger partial charge in [-0.1, -0.05) is 32.5 Å². The molecule has 0 fully saturated rings. The first-order chi connectivity index (χ1) is 12.3. The van der Waals surface area contributed by atoms with Crippen molar-refractivity contribution in [2.75, 3.05) is 11.1 Å². The number of imidazole rings is 1. The molecule has 0 bridgehead atoms. The number of aromatic nitrogens is 2. The molecule has 0 radical (unpaired) electrons. The summed E-state index contributed by atoms with van der Waals surface area (Å²) in [5.74, 6) is 0.797. The van der Waals surface area contributed by atoms with Crippen LogP contribution in [0.15, 0.2) is 17.6 Å². The summed E-state index contributed by atoms with van der Waals surface area (Å²) in [6, 6.07) is 2.31. The molecule has 0 aliphatic heterocycles. The van der Waals surface area contributed by atoms with Gasteiger partial charge in [-0.25, -0.2) is 4.98 Å². The summed E-state index contributed by atoms with van der Waals surface area (Å²) in [5, 5.41) is 14.1. The summed E-state index contributed by atoms with van der Waals surface area (Å²) in [4.78, 5) is 17.8. The molecule has 0 aromatic carbocycles. The van der Waals surface area contributed by atoms with Crippen molar-refractivity contribution in [2.24, 2.45) is 18.4 Å². The Morgan fingerprint density at radius 2 is 2.31 bits per heavy atom. The molecule has 0 saturated heterocycles. The van der Waals surface area contributed by atoms with Gasteiger partial charge in [-0.3, -0.25) is 4.79 Å². The Balaban J connectivity index is 1.71. The molecule has 1 aliphatic rings. The summed E-state index contributed by atoms with van der Waals surface area (Å²) in [6.07, 6.45) is 6.59. The smallest absolute Gasteiger partial charge is 0.235 e. The van der Waals surface area contributed by atoms with E-state index in [1.165, 1.54) is 16.6 Å². The molecular formula is C19H24N4OS2. The van der Waals surface area contributed by atoms with Crippen molar-refractivity contribution in [3.8, 4) is 6.07 Å². The van der Waals surface area contributed by atoms with Gasteiger partial charge in [0.2, 0.25) is 5.91 Å². The molecule has 1 atom stereocenters. The summed E-state index contributed by atoms with van der Waals surface area (Å²) in [5.41, 5.74) is 2.06. The van der Waals surface area contributed by atoms with Gasteiger partial charge in [-0.05, 0) is 36.2 Å². The number of nitriles is 1. The van der Waals surface area contributed by atoms with Crippen LogP contribution in [-0.4, -0.2) is 21.2 Å². The van der Waals surface area contributed by atoms with Crippen molar-refractivity contribution in [1.29, 1.82) is 5.26 Å². The molecule has 7 heteroatoms. The summed E-state index contributed by atoms with van der Waals surface area (Å²) >= 11 is 2.97. The Hall–Kier alpha value is -1.78. The molecule has 138 valence electrons. The first-order valence-electron chi connectivity index (χ1n) is 8.74. The molecule has 2 aromatic heterocycles. The van der Waals surface area contributed by atoms with Crippen molar-refractivity contribution in [3.63, 3.8) is 0 Å². The number of nitrogens with zero attached hydrogens (tertiary/aromatic N) is 3. The number of carbonyl (C=O) groups excluding carboxylic acids is 1. The Morgan fingerprint density at radius 1 is 1.54 bits per heavy atom. The molecule has 0 unspecified atom stereocenters. The molecule has 0 saturated carbocycles. The maximum Gasteiger partial charge on any atom is 0.235 e. The minimum absolute atomic E-state index is 0.0968. The first-order valence-corrected chi connectivity index (χ1v) is 10.5. The molecule has 3 rings (SSSR count). The highest BCUT2D eigenvalue weighted by atomic mass is 32.2. The van der Waals surface area contributed by atoms with Crippen LogP contribution >= 0.6 is 23.1 Å². The van der Waals surface area contributed by atoms with E-state index in [-0.39, 0.29) is 17.1 Å². The number of carbonyl (C=O) groups is 1. The number of hydrogen-bond acceptors (Lipinski definition) is 5. The summed E-state index contributed by atoms with van der Waals surface area (Å²) < 4.78 is 1.88. The number of hydrogen-bond donors (Lipinski definition) is 1. The maximum atomic E-state index is 12.4. The monoisotopic (exact) mass is 388 g/mol. The van der Waals surface area contributed by atoms with E-state index in [9.17, 15) is 10.1 Å². The Morgan fingerprint density at radius 3 is 2.92 bits per heavy atom. The average Bonchev–Trinajstić information content (AvgIpc) is 3.13. The van der Waals surface area contributed by atoms with Crippen LogP contribution in [-0.2, 0) is 24.7 Å². The zero-order chi connectivity index (χ0) is 18.9. The summed E-state index contributed by atoms with van der Waals surface area (Å²) in [6.45, 7) is 6.83. The third-order valence-corrected chi connectivity index (χ3v) is 7.19. The van der Waals surface area contributed by atoms with Gasteiger partial charge in [0, 0.05) is 24.3 Å². The van der Waals surface area contributed by atoms with Crippen LogP contribution in [0.25, 0.3) is 0 Å². The van der Waals surface area contributed by atoms with Gasteiger partial charge in [-0.2, -0.15) is 5.26 Å². The third kappa shape index (κ3) is 3.97. The third-order valence-electron chi connectivity index (χ3n) is 4.96. The topological polar surface area (TPSA) is 70.7 Å². The van der Waals surface area contributed by atoms with E-state index < -0.39 is 0 Å². The number of fused-ring (bicyclic) bond motifs is 1. The molecule has 1 N–H and O–H groups in total. The van der Waals surface area contributed by atoms with Crippen LogP contribution in [0.1, 0.15) is 43.2 Å². The number of amides is 1. The van der Waals surface area contributed by atoms with Crippen molar-refractivity contribution in [3.05, 3.63) is 28.4 Å². The number of anilines is 1. The minimum atomic E-state index is -0.0968. The molecule has 2 heterocycles. The zero-order valence-corrected chi connectivity index (χ0v) is 17.3. The highest BCUT2D eigenvalue weighted by Gasteiger charge is 2.32. The molecule has 26 heavy (non-hydrogen) atoms. The number of thiophene rings is 1. The van der Waals surface area contributed by atoms with Gasteiger partial charge in [-0.15, -0.1) is 11.3 Å². The normalized spacial score (nSPS) is 16.8. The standard InChI is InChI=1S/C19H24N4OS2/c1-19(2,3)12-5-6-13-14(10-20)17(26-15(13)9-12)22-16(24)11-25-18-21-7-8-23(18)4/h7-8,12H,5-6,9,11H2,1-4H3,(H,22,24)/t12-/m1/s1.